The molecule has 1 aliphatic rings. The summed E-state index contributed by atoms with van der Waals surface area (Å²) < 4.78 is 0. The van der Waals surface area contributed by atoms with Gasteiger partial charge in [0, 0.05) is 16.3 Å². The first-order valence-electron chi connectivity index (χ1n) is 5.94. The normalized spacial score (nSPS) is 21.9. The molecular weight excluding hydrogens is 284 g/mol. The molecular formula is C13H15ClN2S2. The van der Waals surface area contributed by atoms with Gasteiger partial charge >= 0.3 is 0 Å². The molecule has 2 heterocycles. The minimum absolute atomic E-state index is 0.130. The second-order valence-electron chi connectivity index (χ2n) is 5.61. The van der Waals surface area contributed by atoms with Crippen molar-refractivity contribution in [2.45, 2.75) is 32.7 Å². The van der Waals surface area contributed by atoms with E-state index >= 15 is 0 Å². The molecule has 0 saturated carbocycles. The van der Waals surface area contributed by atoms with Crippen LogP contribution in [0.3, 0.4) is 0 Å². The minimum Gasteiger partial charge on any atom is -0.323 e. The van der Waals surface area contributed by atoms with E-state index in [1.807, 2.05) is 11.4 Å². The number of hydrogen-bond donors (Lipinski definition) is 1. The van der Waals surface area contributed by atoms with Crippen LogP contribution in [0, 0.1) is 5.41 Å². The van der Waals surface area contributed by atoms with E-state index in [1.165, 1.54) is 10.6 Å². The van der Waals surface area contributed by atoms with Crippen molar-refractivity contribution in [1.82, 2.24) is 4.98 Å². The maximum absolute atomic E-state index is 6.27. The van der Waals surface area contributed by atoms with Crippen molar-refractivity contribution in [2.75, 3.05) is 0 Å². The topological polar surface area (TPSA) is 38.9 Å². The van der Waals surface area contributed by atoms with Crippen molar-refractivity contribution in [3.8, 4) is 9.88 Å². The van der Waals surface area contributed by atoms with Crippen LogP contribution in [0.25, 0.3) is 9.88 Å². The average Bonchev–Trinajstić information content (AvgIpc) is 2.82. The Morgan fingerprint density at radius 2 is 2.28 bits per heavy atom. The molecule has 2 nitrogen and oxygen atoms in total. The Balaban J connectivity index is 2.02. The maximum Gasteiger partial charge on any atom is 0.134 e. The first-order valence-corrected chi connectivity index (χ1v) is 8.02. The molecule has 0 radical (unpaired) electrons. The summed E-state index contributed by atoms with van der Waals surface area (Å²) >= 11 is 9.34. The van der Waals surface area contributed by atoms with Gasteiger partial charge in [0.05, 0.1) is 15.6 Å². The Labute approximate surface area is 120 Å². The van der Waals surface area contributed by atoms with Gasteiger partial charge in [-0.3, -0.25) is 0 Å². The summed E-state index contributed by atoms with van der Waals surface area (Å²) in [6, 6.07) is 2.11. The molecule has 96 valence electrons. The van der Waals surface area contributed by atoms with Gasteiger partial charge in [0.2, 0.25) is 0 Å². The van der Waals surface area contributed by atoms with Crippen LogP contribution in [0.5, 0.6) is 0 Å². The quantitative estimate of drug-likeness (QED) is 0.842. The van der Waals surface area contributed by atoms with Crippen LogP contribution in [0.4, 0.5) is 0 Å². The zero-order chi connectivity index (χ0) is 12.9. The Hall–Kier alpha value is -0.420. The third-order valence-electron chi connectivity index (χ3n) is 3.26. The smallest absolute Gasteiger partial charge is 0.134 e. The Kier molecular flexibility index (Phi) is 3.01. The highest BCUT2D eigenvalue weighted by molar-refractivity contribution is 7.21. The van der Waals surface area contributed by atoms with Crippen LogP contribution in [-0.2, 0) is 6.42 Å². The molecule has 3 rings (SSSR count). The van der Waals surface area contributed by atoms with E-state index in [1.54, 1.807) is 22.7 Å². The third-order valence-corrected chi connectivity index (χ3v) is 5.94. The molecule has 0 aliphatic heterocycles. The molecule has 0 aromatic carbocycles. The van der Waals surface area contributed by atoms with Crippen molar-refractivity contribution in [1.29, 1.82) is 0 Å². The average molecular weight is 299 g/mol. The van der Waals surface area contributed by atoms with Crippen LogP contribution < -0.4 is 5.73 Å². The molecule has 0 fully saturated rings. The number of halogens is 1. The fraction of sp³-hybridized carbons (Fsp3) is 0.462. The second kappa shape index (κ2) is 4.30. The van der Waals surface area contributed by atoms with E-state index in [-0.39, 0.29) is 11.5 Å². The lowest BCUT2D eigenvalue weighted by Crippen LogP contribution is -2.28. The first kappa shape index (κ1) is 12.6. The first-order chi connectivity index (χ1) is 8.44. The molecule has 2 aromatic rings. The van der Waals surface area contributed by atoms with E-state index in [0.717, 1.165) is 27.7 Å². The Bertz CT molecular complexity index is 586. The van der Waals surface area contributed by atoms with Crippen molar-refractivity contribution >= 4 is 34.3 Å². The lowest BCUT2D eigenvalue weighted by atomic mass is 9.77. The van der Waals surface area contributed by atoms with Gasteiger partial charge in [-0.25, -0.2) is 4.98 Å². The van der Waals surface area contributed by atoms with Crippen molar-refractivity contribution < 1.29 is 0 Å². The van der Waals surface area contributed by atoms with Gasteiger partial charge < -0.3 is 5.73 Å². The number of thiazole rings is 1. The molecule has 5 heteroatoms. The Morgan fingerprint density at radius 1 is 1.50 bits per heavy atom. The molecule has 18 heavy (non-hydrogen) atoms. The van der Waals surface area contributed by atoms with Crippen LogP contribution in [0.2, 0.25) is 5.02 Å². The summed E-state index contributed by atoms with van der Waals surface area (Å²) in [5, 5.41) is 3.79. The third kappa shape index (κ3) is 2.23. The molecule has 2 N–H and O–H groups in total. The summed E-state index contributed by atoms with van der Waals surface area (Å²) in [4.78, 5) is 7.17. The lowest BCUT2D eigenvalue weighted by Gasteiger charge is -2.32. The van der Waals surface area contributed by atoms with Crippen molar-refractivity contribution in [3.05, 3.63) is 27.0 Å². The van der Waals surface area contributed by atoms with Gasteiger partial charge in [-0.05, 0) is 24.3 Å². The number of hydrogen-bond acceptors (Lipinski definition) is 4. The highest BCUT2D eigenvalue weighted by Crippen LogP contribution is 2.44. The lowest BCUT2D eigenvalue weighted by molar-refractivity contribution is 0.282. The fourth-order valence-corrected chi connectivity index (χ4v) is 4.74. The molecule has 1 atom stereocenters. The number of rotatable bonds is 1. The van der Waals surface area contributed by atoms with Gasteiger partial charge in [-0.15, -0.1) is 22.7 Å². The van der Waals surface area contributed by atoms with Gasteiger partial charge in [0.15, 0.2) is 0 Å². The zero-order valence-corrected chi connectivity index (χ0v) is 12.8. The van der Waals surface area contributed by atoms with Crippen LogP contribution >= 0.6 is 34.3 Å². The van der Waals surface area contributed by atoms with E-state index in [2.05, 4.69) is 13.8 Å². The molecule has 0 bridgehead atoms. The van der Waals surface area contributed by atoms with Crippen molar-refractivity contribution in [2.24, 2.45) is 11.1 Å². The Morgan fingerprint density at radius 3 is 2.94 bits per heavy atom. The van der Waals surface area contributed by atoms with Gasteiger partial charge in [-0.2, -0.15) is 0 Å². The fourth-order valence-electron chi connectivity index (χ4n) is 2.52. The molecule has 1 aliphatic carbocycles. The predicted octanol–water partition coefficient (Wildman–Crippen LogP) is 4.50. The van der Waals surface area contributed by atoms with Crippen LogP contribution in [0.15, 0.2) is 11.4 Å². The van der Waals surface area contributed by atoms with E-state index in [9.17, 15) is 0 Å². The van der Waals surface area contributed by atoms with Gasteiger partial charge in [0.25, 0.3) is 0 Å². The second-order valence-corrected chi connectivity index (χ2v) is 7.99. The standard InChI is InChI=1S/C13H15ClN2S2/c1-13(2)4-8(15)11-9(5-13)16-12(18-11)10-3-7(14)6-17-10/h3,6,8H,4-5,15H2,1-2H3. The molecule has 0 spiro atoms. The number of nitrogens with two attached hydrogens (primary N) is 1. The zero-order valence-electron chi connectivity index (χ0n) is 10.4. The summed E-state index contributed by atoms with van der Waals surface area (Å²) in [5.41, 5.74) is 7.70. The number of fused-ring (bicyclic) bond motifs is 1. The molecule has 0 amide bonds. The van der Waals surface area contributed by atoms with Crippen molar-refractivity contribution in [3.63, 3.8) is 0 Å². The minimum atomic E-state index is 0.130. The van der Waals surface area contributed by atoms with E-state index in [4.69, 9.17) is 22.3 Å². The summed E-state index contributed by atoms with van der Waals surface area (Å²) in [6.45, 7) is 4.52. The van der Waals surface area contributed by atoms with E-state index in [0.29, 0.717) is 0 Å². The summed E-state index contributed by atoms with van der Waals surface area (Å²) in [6.07, 6.45) is 2.05. The molecule has 1 unspecified atom stereocenters. The predicted molar refractivity (Wildman–Crippen MR) is 79.5 cm³/mol. The van der Waals surface area contributed by atoms with Crippen LogP contribution in [-0.4, -0.2) is 4.98 Å². The van der Waals surface area contributed by atoms with Gasteiger partial charge in [0.1, 0.15) is 5.01 Å². The molecule has 0 saturated heterocycles. The number of aromatic nitrogens is 1. The monoisotopic (exact) mass is 298 g/mol. The summed E-state index contributed by atoms with van der Waals surface area (Å²) in [7, 11) is 0. The highest BCUT2D eigenvalue weighted by Gasteiger charge is 2.33. The maximum atomic E-state index is 6.27. The van der Waals surface area contributed by atoms with E-state index < -0.39 is 0 Å². The van der Waals surface area contributed by atoms with Crippen LogP contribution in [0.1, 0.15) is 36.9 Å². The highest BCUT2D eigenvalue weighted by atomic mass is 35.5. The molecule has 2 aromatic heterocycles. The SMILES string of the molecule is CC1(C)Cc2nc(-c3cc(Cl)cs3)sc2C(N)C1. The largest absolute Gasteiger partial charge is 0.323 e. The summed E-state index contributed by atoms with van der Waals surface area (Å²) in [5.74, 6) is 0. The number of thiophene rings is 1. The number of nitrogens with zero attached hydrogens (tertiary/aromatic N) is 1. The van der Waals surface area contributed by atoms with Gasteiger partial charge in [-0.1, -0.05) is 25.4 Å².